The quantitative estimate of drug-likeness (QED) is 0.711. The molecule has 0 fully saturated rings. The largest absolute Gasteiger partial charge is 0.495 e. The monoisotopic (exact) mass is 385 g/mol. The highest BCUT2D eigenvalue weighted by atomic mass is 79.9. The molecule has 6 nitrogen and oxygen atoms in total. The van der Waals surface area contributed by atoms with E-state index < -0.39 is 19.9 Å². The van der Waals surface area contributed by atoms with E-state index in [9.17, 15) is 16.8 Å². The average molecular weight is 386 g/mol. The van der Waals surface area contributed by atoms with E-state index in [1.165, 1.54) is 19.2 Å². The van der Waals surface area contributed by atoms with Crippen molar-refractivity contribution in [3.63, 3.8) is 0 Å². The van der Waals surface area contributed by atoms with Crippen LogP contribution in [0.15, 0.2) is 27.6 Å². The number of ether oxygens (including phenoxy) is 1. The van der Waals surface area contributed by atoms with Gasteiger partial charge in [-0.2, -0.15) is 0 Å². The molecule has 114 valence electrons. The maximum atomic E-state index is 12.1. The zero-order valence-corrected chi connectivity index (χ0v) is 14.3. The number of benzene rings is 1. The van der Waals surface area contributed by atoms with Crippen LogP contribution in [0.25, 0.3) is 0 Å². The summed E-state index contributed by atoms with van der Waals surface area (Å²) in [7, 11) is -5.46. The standard InChI is InChI=1S/C11H16BrNO5S2/c1-18-10-5-4-9(12)8-11(10)20(16,17)13-6-3-7-19(2,14)15/h4-5,8,13H,3,6-7H2,1-2H3. The van der Waals surface area contributed by atoms with Crippen molar-refractivity contribution in [3.8, 4) is 5.75 Å². The van der Waals surface area contributed by atoms with Gasteiger partial charge in [0, 0.05) is 17.3 Å². The molecule has 0 saturated heterocycles. The molecule has 0 aliphatic rings. The van der Waals surface area contributed by atoms with Crippen LogP contribution in [-0.4, -0.2) is 42.5 Å². The van der Waals surface area contributed by atoms with Crippen LogP contribution in [0.2, 0.25) is 0 Å². The molecule has 0 atom stereocenters. The lowest BCUT2D eigenvalue weighted by Gasteiger charge is -2.11. The smallest absolute Gasteiger partial charge is 0.244 e. The summed E-state index contributed by atoms with van der Waals surface area (Å²) in [6.07, 6.45) is 1.33. The number of hydrogen-bond acceptors (Lipinski definition) is 5. The molecule has 0 heterocycles. The predicted molar refractivity (Wildman–Crippen MR) is 80.2 cm³/mol. The molecule has 0 aliphatic carbocycles. The van der Waals surface area contributed by atoms with Crippen molar-refractivity contribution in [1.82, 2.24) is 4.72 Å². The van der Waals surface area contributed by atoms with Crippen molar-refractivity contribution >= 4 is 35.8 Å². The molecule has 1 rings (SSSR count). The van der Waals surface area contributed by atoms with E-state index in [0.717, 1.165) is 6.26 Å². The molecule has 0 radical (unpaired) electrons. The Bertz CT molecular complexity index is 670. The van der Waals surface area contributed by atoms with E-state index in [2.05, 4.69) is 20.7 Å². The van der Waals surface area contributed by atoms with Crippen molar-refractivity contribution < 1.29 is 21.6 Å². The van der Waals surface area contributed by atoms with Gasteiger partial charge in [-0.15, -0.1) is 0 Å². The van der Waals surface area contributed by atoms with E-state index in [1.54, 1.807) is 6.07 Å². The summed E-state index contributed by atoms with van der Waals surface area (Å²) >= 11 is 3.20. The van der Waals surface area contributed by atoms with Crippen molar-refractivity contribution in [2.24, 2.45) is 0 Å². The van der Waals surface area contributed by atoms with Gasteiger partial charge >= 0.3 is 0 Å². The third-order valence-electron chi connectivity index (χ3n) is 2.40. The normalized spacial score (nSPS) is 12.3. The summed E-state index contributed by atoms with van der Waals surface area (Å²) in [5.74, 6) is 0.161. The zero-order valence-electron chi connectivity index (χ0n) is 11.1. The van der Waals surface area contributed by atoms with Crippen LogP contribution in [0.4, 0.5) is 0 Å². The van der Waals surface area contributed by atoms with Gasteiger partial charge in [-0.1, -0.05) is 15.9 Å². The van der Waals surface area contributed by atoms with Gasteiger partial charge in [-0.05, 0) is 24.6 Å². The van der Waals surface area contributed by atoms with Crippen LogP contribution < -0.4 is 9.46 Å². The first-order chi connectivity index (χ1) is 9.15. The first kappa shape index (κ1) is 17.4. The second-order valence-electron chi connectivity index (χ2n) is 4.18. The van der Waals surface area contributed by atoms with Crippen molar-refractivity contribution in [3.05, 3.63) is 22.7 Å². The lowest BCUT2D eigenvalue weighted by Crippen LogP contribution is -2.26. The molecule has 1 aromatic rings. The number of sulfone groups is 1. The first-order valence-corrected chi connectivity index (χ1v) is 10.0. The van der Waals surface area contributed by atoms with Crippen molar-refractivity contribution in [1.29, 1.82) is 0 Å². The molecule has 0 aromatic heterocycles. The van der Waals surface area contributed by atoms with E-state index >= 15 is 0 Å². The highest BCUT2D eigenvalue weighted by Crippen LogP contribution is 2.26. The molecule has 0 saturated carbocycles. The van der Waals surface area contributed by atoms with Gasteiger partial charge in [0.15, 0.2) is 0 Å². The fourth-order valence-electron chi connectivity index (χ4n) is 1.48. The Hall–Kier alpha value is -0.640. The summed E-state index contributed by atoms with van der Waals surface area (Å²) in [5.41, 5.74) is 0. The Balaban J connectivity index is 2.81. The predicted octanol–water partition coefficient (Wildman–Crippen LogP) is 1.17. The van der Waals surface area contributed by atoms with Gasteiger partial charge in [0.05, 0.1) is 12.9 Å². The SMILES string of the molecule is COc1ccc(Br)cc1S(=O)(=O)NCCCS(C)(=O)=O. The third-order valence-corrected chi connectivity index (χ3v) is 5.40. The Morgan fingerprint density at radius 2 is 1.90 bits per heavy atom. The highest BCUT2D eigenvalue weighted by Gasteiger charge is 2.19. The molecule has 20 heavy (non-hydrogen) atoms. The van der Waals surface area contributed by atoms with Gasteiger partial charge in [0.2, 0.25) is 10.0 Å². The second kappa shape index (κ2) is 6.88. The summed E-state index contributed by atoms with van der Waals surface area (Å²) in [5, 5.41) is 0. The second-order valence-corrected chi connectivity index (χ2v) is 9.09. The molecule has 0 bridgehead atoms. The van der Waals surface area contributed by atoms with Gasteiger partial charge in [0.25, 0.3) is 0 Å². The summed E-state index contributed by atoms with van der Waals surface area (Å²) in [4.78, 5) is 0.00808. The fourth-order valence-corrected chi connectivity index (χ4v) is 3.93. The minimum atomic E-state index is -3.74. The van der Waals surface area contributed by atoms with Gasteiger partial charge in [-0.25, -0.2) is 21.6 Å². The number of rotatable bonds is 7. The number of methoxy groups -OCH3 is 1. The van der Waals surface area contributed by atoms with Crippen LogP contribution in [0.1, 0.15) is 6.42 Å². The van der Waals surface area contributed by atoms with Crippen molar-refractivity contribution in [2.75, 3.05) is 25.7 Å². The van der Waals surface area contributed by atoms with E-state index in [1.807, 2.05) is 0 Å². The van der Waals surface area contributed by atoms with Crippen LogP contribution in [0, 0.1) is 0 Å². The van der Waals surface area contributed by atoms with Crippen LogP contribution in [0.3, 0.4) is 0 Å². The molecule has 0 aliphatic heterocycles. The number of nitrogens with one attached hydrogen (secondary N) is 1. The van der Waals surface area contributed by atoms with Gasteiger partial charge in [0.1, 0.15) is 20.5 Å². The molecule has 0 unspecified atom stereocenters. The maximum absolute atomic E-state index is 12.1. The number of halogens is 1. The molecule has 0 spiro atoms. The molecular formula is C11H16BrNO5S2. The summed E-state index contributed by atoms with van der Waals surface area (Å²) in [6.45, 7) is 0.0467. The molecule has 1 N–H and O–H groups in total. The molecular weight excluding hydrogens is 370 g/mol. The van der Waals surface area contributed by atoms with Crippen LogP contribution in [0.5, 0.6) is 5.75 Å². The Morgan fingerprint density at radius 3 is 2.45 bits per heavy atom. The van der Waals surface area contributed by atoms with E-state index in [4.69, 9.17) is 4.74 Å². The van der Waals surface area contributed by atoms with Crippen LogP contribution >= 0.6 is 15.9 Å². The summed E-state index contributed by atoms with van der Waals surface area (Å²) < 4.78 is 54.2. The molecule has 9 heteroatoms. The van der Waals surface area contributed by atoms with Gasteiger partial charge in [-0.3, -0.25) is 0 Å². The van der Waals surface area contributed by atoms with E-state index in [0.29, 0.717) is 4.47 Å². The lowest BCUT2D eigenvalue weighted by atomic mass is 10.3. The minimum Gasteiger partial charge on any atom is -0.495 e. The van der Waals surface area contributed by atoms with Crippen molar-refractivity contribution in [2.45, 2.75) is 11.3 Å². The van der Waals surface area contributed by atoms with E-state index in [-0.39, 0.29) is 29.4 Å². The molecule has 1 aromatic carbocycles. The zero-order chi connectivity index (χ0) is 15.4. The third kappa shape index (κ3) is 5.39. The van der Waals surface area contributed by atoms with Crippen LogP contribution in [-0.2, 0) is 19.9 Å². The van der Waals surface area contributed by atoms with Gasteiger partial charge < -0.3 is 4.74 Å². The average Bonchev–Trinajstić information content (AvgIpc) is 2.33. The summed E-state index contributed by atoms with van der Waals surface area (Å²) in [6, 6.07) is 4.63. The highest BCUT2D eigenvalue weighted by molar-refractivity contribution is 9.10. The Labute approximate surface area is 127 Å². The lowest BCUT2D eigenvalue weighted by molar-refractivity contribution is 0.402. The minimum absolute atomic E-state index is 0.00808. The Morgan fingerprint density at radius 1 is 1.25 bits per heavy atom. The fraction of sp³-hybridized carbons (Fsp3) is 0.455. The topological polar surface area (TPSA) is 89.5 Å². The maximum Gasteiger partial charge on any atom is 0.244 e. The number of sulfonamides is 1. The molecule has 0 amide bonds. The first-order valence-electron chi connectivity index (χ1n) is 5.66. The number of hydrogen-bond donors (Lipinski definition) is 1. The Kier molecular flexibility index (Phi) is 5.99.